The summed E-state index contributed by atoms with van der Waals surface area (Å²) in [6.45, 7) is 3.59. The predicted molar refractivity (Wildman–Crippen MR) is 108 cm³/mol. The summed E-state index contributed by atoms with van der Waals surface area (Å²) in [7, 11) is 1.60. The molecule has 1 saturated heterocycles. The van der Waals surface area contributed by atoms with Crippen molar-refractivity contribution in [2.75, 3.05) is 25.1 Å². The first kappa shape index (κ1) is 19.7. The van der Waals surface area contributed by atoms with Crippen LogP contribution in [0.3, 0.4) is 0 Å². The summed E-state index contributed by atoms with van der Waals surface area (Å²) in [5.41, 5.74) is 1.81. The van der Waals surface area contributed by atoms with Crippen LogP contribution < -0.4 is 15.0 Å². The van der Waals surface area contributed by atoms with Gasteiger partial charge in [-0.15, -0.1) is 0 Å². The molecule has 0 spiro atoms. The van der Waals surface area contributed by atoms with Crippen LogP contribution in [0.2, 0.25) is 0 Å². The Bertz CT molecular complexity index is 845. The molecule has 1 atom stereocenters. The number of methoxy groups -OCH3 is 1. The SMILES string of the molecule is CCC(NC(=O)c1ccc(N2CCCC2)c([N+](=O)[O-])c1)c1ccc(OC)cc1. The third-order valence-corrected chi connectivity index (χ3v) is 5.11. The van der Waals surface area contributed by atoms with Crippen molar-refractivity contribution in [1.82, 2.24) is 5.32 Å². The summed E-state index contributed by atoms with van der Waals surface area (Å²) in [4.78, 5) is 25.9. The molecule has 1 heterocycles. The number of nitrogens with zero attached hydrogens (tertiary/aromatic N) is 2. The van der Waals surface area contributed by atoms with Gasteiger partial charge < -0.3 is 15.0 Å². The van der Waals surface area contributed by atoms with Crippen molar-refractivity contribution < 1.29 is 14.5 Å². The largest absolute Gasteiger partial charge is 0.497 e. The lowest BCUT2D eigenvalue weighted by atomic mass is 10.0. The highest BCUT2D eigenvalue weighted by molar-refractivity contribution is 5.96. The van der Waals surface area contributed by atoms with Gasteiger partial charge in [0.25, 0.3) is 11.6 Å². The van der Waals surface area contributed by atoms with E-state index in [1.165, 1.54) is 6.07 Å². The van der Waals surface area contributed by atoms with E-state index < -0.39 is 4.92 Å². The highest BCUT2D eigenvalue weighted by Crippen LogP contribution is 2.32. The normalized spacial score (nSPS) is 14.6. The van der Waals surface area contributed by atoms with Crippen LogP contribution in [0, 0.1) is 10.1 Å². The van der Waals surface area contributed by atoms with Gasteiger partial charge in [0, 0.05) is 24.7 Å². The maximum absolute atomic E-state index is 12.7. The Balaban J connectivity index is 1.80. The van der Waals surface area contributed by atoms with Crippen LogP contribution in [0.25, 0.3) is 0 Å². The van der Waals surface area contributed by atoms with Gasteiger partial charge in [-0.3, -0.25) is 14.9 Å². The van der Waals surface area contributed by atoms with E-state index in [1.807, 2.05) is 36.1 Å². The minimum atomic E-state index is -0.411. The van der Waals surface area contributed by atoms with Crippen LogP contribution in [-0.4, -0.2) is 31.0 Å². The summed E-state index contributed by atoms with van der Waals surface area (Å²) >= 11 is 0. The summed E-state index contributed by atoms with van der Waals surface area (Å²) < 4.78 is 5.17. The van der Waals surface area contributed by atoms with Crippen molar-refractivity contribution in [3.05, 3.63) is 63.7 Å². The molecule has 0 aliphatic carbocycles. The first-order chi connectivity index (χ1) is 13.5. The second kappa shape index (κ2) is 8.73. The first-order valence-corrected chi connectivity index (χ1v) is 9.51. The monoisotopic (exact) mass is 383 g/mol. The minimum absolute atomic E-state index is 0.0213. The molecular weight excluding hydrogens is 358 g/mol. The smallest absolute Gasteiger partial charge is 0.293 e. The fourth-order valence-electron chi connectivity index (χ4n) is 3.54. The van der Waals surface area contributed by atoms with Gasteiger partial charge in [-0.05, 0) is 49.1 Å². The van der Waals surface area contributed by atoms with Crippen LogP contribution >= 0.6 is 0 Å². The van der Waals surface area contributed by atoms with E-state index >= 15 is 0 Å². The molecule has 1 amide bonds. The number of nitrogens with one attached hydrogen (secondary N) is 1. The molecule has 2 aromatic carbocycles. The van der Waals surface area contributed by atoms with Crippen molar-refractivity contribution in [3.8, 4) is 5.75 Å². The fraction of sp³-hybridized carbons (Fsp3) is 0.381. The van der Waals surface area contributed by atoms with E-state index in [1.54, 1.807) is 19.2 Å². The lowest BCUT2D eigenvalue weighted by molar-refractivity contribution is -0.384. The van der Waals surface area contributed by atoms with Crippen LogP contribution in [0.15, 0.2) is 42.5 Å². The van der Waals surface area contributed by atoms with Gasteiger partial charge in [-0.1, -0.05) is 19.1 Å². The van der Waals surface area contributed by atoms with Crippen molar-refractivity contribution >= 4 is 17.3 Å². The number of anilines is 1. The quantitative estimate of drug-likeness (QED) is 0.575. The van der Waals surface area contributed by atoms with Crippen LogP contribution in [0.1, 0.15) is 48.1 Å². The van der Waals surface area contributed by atoms with Gasteiger partial charge in [0.1, 0.15) is 11.4 Å². The molecule has 1 N–H and O–H groups in total. The Hall–Kier alpha value is -3.09. The number of carbonyl (C=O) groups is 1. The second-order valence-corrected chi connectivity index (χ2v) is 6.86. The van der Waals surface area contributed by atoms with Gasteiger partial charge in [0.05, 0.1) is 18.1 Å². The van der Waals surface area contributed by atoms with E-state index in [4.69, 9.17) is 4.74 Å². The van der Waals surface area contributed by atoms with Crippen molar-refractivity contribution in [2.24, 2.45) is 0 Å². The van der Waals surface area contributed by atoms with Crippen molar-refractivity contribution in [1.29, 1.82) is 0 Å². The number of hydrogen-bond donors (Lipinski definition) is 1. The third kappa shape index (κ3) is 4.24. The molecule has 7 heteroatoms. The molecule has 28 heavy (non-hydrogen) atoms. The zero-order valence-electron chi connectivity index (χ0n) is 16.2. The Labute approximate surface area is 164 Å². The highest BCUT2D eigenvalue weighted by atomic mass is 16.6. The number of carbonyl (C=O) groups excluding carboxylic acids is 1. The van der Waals surface area contributed by atoms with E-state index in [9.17, 15) is 14.9 Å². The average molecular weight is 383 g/mol. The van der Waals surface area contributed by atoms with Gasteiger partial charge in [0.2, 0.25) is 0 Å². The molecule has 1 unspecified atom stereocenters. The lowest BCUT2D eigenvalue weighted by Gasteiger charge is -2.20. The summed E-state index contributed by atoms with van der Waals surface area (Å²) in [5, 5.41) is 14.5. The molecule has 2 aromatic rings. The Morgan fingerprint density at radius 2 is 1.89 bits per heavy atom. The third-order valence-electron chi connectivity index (χ3n) is 5.11. The zero-order valence-corrected chi connectivity index (χ0v) is 16.2. The summed E-state index contributed by atoms with van der Waals surface area (Å²) in [6.07, 6.45) is 2.75. The maximum Gasteiger partial charge on any atom is 0.293 e. The number of hydrogen-bond acceptors (Lipinski definition) is 5. The van der Waals surface area contributed by atoms with Gasteiger partial charge in [0.15, 0.2) is 0 Å². The lowest BCUT2D eigenvalue weighted by Crippen LogP contribution is -2.28. The predicted octanol–water partition coefficient (Wildman–Crippen LogP) is 4.08. The Kier molecular flexibility index (Phi) is 6.13. The second-order valence-electron chi connectivity index (χ2n) is 6.86. The van der Waals surface area contributed by atoms with Gasteiger partial charge >= 0.3 is 0 Å². The van der Waals surface area contributed by atoms with Gasteiger partial charge in [-0.25, -0.2) is 0 Å². The van der Waals surface area contributed by atoms with E-state index in [0.717, 1.165) is 37.2 Å². The molecule has 0 saturated carbocycles. The van der Waals surface area contributed by atoms with Crippen molar-refractivity contribution in [2.45, 2.75) is 32.2 Å². The van der Waals surface area contributed by atoms with Crippen molar-refractivity contribution in [3.63, 3.8) is 0 Å². The Morgan fingerprint density at radius 1 is 1.21 bits per heavy atom. The minimum Gasteiger partial charge on any atom is -0.497 e. The molecule has 1 fully saturated rings. The standard InChI is InChI=1S/C21H25N3O4/c1-3-18(15-6-9-17(28-2)10-7-15)22-21(25)16-8-11-19(20(14-16)24(26)27)23-12-4-5-13-23/h6-11,14,18H,3-5,12-13H2,1-2H3,(H,22,25). The van der Waals surface area contributed by atoms with E-state index in [0.29, 0.717) is 17.7 Å². The summed E-state index contributed by atoms with van der Waals surface area (Å²) in [5.74, 6) is 0.428. The van der Waals surface area contributed by atoms with Gasteiger partial charge in [-0.2, -0.15) is 0 Å². The molecule has 148 valence electrons. The number of amides is 1. The molecule has 3 rings (SSSR count). The van der Waals surface area contributed by atoms with E-state index in [-0.39, 0.29) is 17.6 Å². The van der Waals surface area contributed by atoms with Crippen LogP contribution in [-0.2, 0) is 0 Å². The topological polar surface area (TPSA) is 84.7 Å². The molecule has 0 aromatic heterocycles. The molecule has 7 nitrogen and oxygen atoms in total. The molecule has 0 radical (unpaired) electrons. The average Bonchev–Trinajstić information content (AvgIpc) is 3.26. The number of nitro benzene ring substituents is 1. The van der Waals surface area contributed by atoms with Crippen LogP contribution in [0.5, 0.6) is 5.75 Å². The number of rotatable bonds is 7. The Morgan fingerprint density at radius 3 is 2.46 bits per heavy atom. The van der Waals surface area contributed by atoms with E-state index in [2.05, 4.69) is 5.32 Å². The first-order valence-electron chi connectivity index (χ1n) is 9.51. The zero-order chi connectivity index (χ0) is 20.1. The number of ether oxygens (including phenoxy) is 1. The molecule has 0 bridgehead atoms. The maximum atomic E-state index is 12.7. The number of nitro groups is 1. The molecule has 1 aliphatic rings. The fourth-order valence-corrected chi connectivity index (χ4v) is 3.54. The number of benzene rings is 2. The summed E-state index contributed by atoms with van der Waals surface area (Å²) in [6, 6.07) is 12.1. The van der Waals surface area contributed by atoms with Crippen LogP contribution in [0.4, 0.5) is 11.4 Å². The highest BCUT2D eigenvalue weighted by Gasteiger charge is 2.24. The molecule has 1 aliphatic heterocycles. The molecular formula is C21H25N3O4.